The molecule has 0 spiro atoms. The fourth-order valence-electron chi connectivity index (χ4n) is 2.36. The maximum Gasteiger partial charge on any atom is 0.122 e. The number of ether oxygens (including phenoxy) is 1. The van der Waals surface area contributed by atoms with Gasteiger partial charge in [-0.05, 0) is 31.4 Å². The molecule has 86 valence electrons. The summed E-state index contributed by atoms with van der Waals surface area (Å²) in [6.45, 7) is 6.74. The highest BCUT2D eigenvalue weighted by atomic mass is 16.5. The zero-order valence-electron chi connectivity index (χ0n) is 9.78. The summed E-state index contributed by atoms with van der Waals surface area (Å²) in [6.07, 6.45) is 1.89. The minimum absolute atomic E-state index is 0.155. The van der Waals surface area contributed by atoms with Crippen LogP contribution in [0, 0.1) is 0 Å². The van der Waals surface area contributed by atoms with Gasteiger partial charge in [-0.15, -0.1) is 6.58 Å². The van der Waals surface area contributed by atoms with Crippen molar-refractivity contribution in [3.8, 4) is 5.75 Å². The zero-order chi connectivity index (χ0) is 11.5. The molecule has 0 radical (unpaired) electrons. The van der Waals surface area contributed by atoms with Crippen LogP contribution in [0.4, 0.5) is 0 Å². The molecular formula is C14H19NO. The standard InChI is InChI=1S/C14H19NO/c1-10(2)9-13(15)11-7-8-16-14-6-4-3-5-12(11)14/h3-6,11,13H,1,7-9,15H2,2H3. The van der Waals surface area contributed by atoms with E-state index in [1.165, 1.54) is 5.56 Å². The summed E-state index contributed by atoms with van der Waals surface area (Å²) in [5.41, 5.74) is 8.65. The van der Waals surface area contributed by atoms with Crippen LogP contribution in [0.15, 0.2) is 36.4 Å². The molecule has 0 saturated carbocycles. The Labute approximate surface area is 97.1 Å². The first-order chi connectivity index (χ1) is 7.68. The van der Waals surface area contributed by atoms with Gasteiger partial charge in [-0.2, -0.15) is 0 Å². The Morgan fingerprint density at radius 2 is 2.31 bits per heavy atom. The van der Waals surface area contributed by atoms with Gasteiger partial charge in [0.1, 0.15) is 5.75 Å². The van der Waals surface area contributed by atoms with Gasteiger partial charge in [0.25, 0.3) is 0 Å². The summed E-state index contributed by atoms with van der Waals surface area (Å²) in [4.78, 5) is 0. The monoisotopic (exact) mass is 217 g/mol. The van der Waals surface area contributed by atoms with Crippen molar-refractivity contribution >= 4 is 0 Å². The molecule has 0 amide bonds. The SMILES string of the molecule is C=C(C)CC(N)C1CCOc2ccccc21. The van der Waals surface area contributed by atoms with Gasteiger partial charge < -0.3 is 10.5 Å². The van der Waals surface area contributed by atoms with Crippen LogP contribution in [0.3, 0.4) is 0 Å². The quantitative estimate of drug-likeness (QED) is 0.790. The molecule has 0 saturated heterocycles. The lowest BCUT2D eigenvalue weighted by molar-refractivity contribution is 0.254. The van der Waals surface area contributed by atoms with E-state index in [2.05, 4.69) is 12.6 Å². The van der Waals surface area contributed by atoms with Crippen molar-refractivity contribution < 1.29 is 4.74 Å². The van der Waals surface area contributed by atoms with Gasteiger partial charge >= 0.3 is 0 Å². The summed E-state index contributed by atoms with van der Waals surface area (Å²) in [5.74, 6) is 1.40. The molecule has 2 unspecified atom stereocenters. The first-order valence-corrected chi connectivity index (χ1v) is 5.80. The number of fused-ring (bicyclic) bond motifs is 1. The molecule has 16 heavy (non-hydrogen) atoms. The van der Waals surface area contributed by atoms with Crippen LogP contribution < -0.4 is 10.5 Å². The van der Waals surface area contributed by atoms with E-state index in [4.69, 9.17) is 10.5 Å². The Hall–Kier alpha value is -1.28. The molecular weight excluding hydrogens is 198 g/mol. The molecule has 2 atom stereocenters. The van der Waals surface area contributed by atoms with E-state index in [9.17, 15) is 0 Å². The maximum absolute atomic E-state index is 6.25. The van der Waals surface area contributed by atoms with Crippen molar-refractivity contribution in [2.24, 2.45) is 5.73 Å². The van der Waals surface area contributed by atoms with E-state index < -0.39 is 0 Å². The number of benzene rings is 1. The third-order valence-corrected chi connectivity index (χ3v) is 3.11. The fourth-order valence-corrected chi connectivity index (χ4v) is 2.36. The average Bonchev–Trinajstić information content (AvgIpc) is 2.27. The predicted molar refractivity (Wildman–Crippen MR) is 66.7 cm³/mol. The highest BCUT2D eigenvalue weighted by Crippen LogP contribution is 2.36. The topological polar surface area (TPSA) is 35.2 Å². The summed E-state index contributed by atoms with van der Waals surface area (Å²) < 4.78 is 5.63. The average molecular weight is 217 g/mol. The fraction of sp³-hybridized carbons (Fsp3) is 0.429. The number of hydrogen-bond acceptors (Lipinski definition) is 2. The molecule has 0 bridgehead atoms. The molecule has 0 aromatic heterocycles. The molecule has 1 aliphatic heterocycles. The van der Waals surface area contributed by atoms with Crippen molar-refractivity contribution in [2.75, 3.05) is 6.61 Å². The van der Waals surface area contributed by atoms with Gasteiger partial charge in [0.15, 0.2) is 0 Å². The second-order valence-electron chi connectivity index (χ2n) is 4.61. The van der Waals surface area contributed by atoms with E-state index >= 15 is 0 Å². The smallest absolute Gasteiger partial charge is 0.122 e. The van der Waals surface area contributed by atoms with Crippen LogP contribution in [-0.2, 0) is 0 Å². The number of hydrogen-bond donors (Lipinski definition) is 1. The van der Waals surface area contributed by atoms with Gasteiger partial charge in [-0.1, -0.05) is 23.8 Å². The van der Waals surface area contributed by atoms with Gasteiger partial charge in [0.2, 0.25) is 0 Å². The van der Waals surface area contributed by atoms with Crippen molar-refractivity contribution in [3.05, 3.63) is 42.0 Å². The number of rotatable bonds is 3. The van der Waals surface area contributed by atoms with Crippen LogP contribution in [0.25, 0.3) is 0 Å². The third kappa shape index (κ3) is 2.27. The van der Waals surface area contributed by atoms with E-state index in [0.717, 1.165) is 30.8 Å². The highest BCUT2D eigenvalue weighted by Gasteiger charge is 2.26. The second-order valence-corrected chi connectivity index (χ2v) is 4.61. The van der Waals surface area contributed by atoms with Gasteiger partial charge in [-0.3, -0.25) is 0 Å². The van der Waals surface area contributed by atoms with Gasteiger partial charge in [0.05, 0.1) is 6.61 Å². The van der Waals surface area contributed by atoms with Crippen molar-refractivity contribution in [1.29, 1.82) is 0 Å². The Balaban J connectivity index is 2.21. The van der Waals surface area contributed by atoms with E-state index in [0.29, 0.717) is 5.92 Å². The van der Waals surface area contributed by atoms with E-state index in [1.54, 1.807) is 0 Å². The lowest BCUT2D eigenvalue weighted by atomic mass is 9.84. The molecule has 1 aromatic carbocycles. The number of para-hydroxylation sites is 1. The zero-order valence-corrected chi connectivity index (χ0v) is 9.78. The normalized spacial score (nSPS) is 20.8. The Bertz CT molecular complexity index is 386. The minimum Gasteiger partial charge on any atom is -0.493 e. The minimum atomic E-state index is 0.155. The van der Waals surface area contributed by atoms with Crippen molar-refractivity contribution in [1.82, 2.24) is 0 Å². The largest absolute Gasteiger partial charge is 0.493 e. The predicted octanol–water partition coefficient (Wildman–Crippen LogP) is 2.85. The van der Waals surface area contributed by atoms with Gasteiger partial charge in [0, 0.05) is 12.0 Å². The molecule has 2 heteroatoms. The van der Waals surface area contributed by atoms with Crippen molar-refractivity contribution in [2.45, 2.75) is 31.7 Å². The van der Waals surface area contributed by atoms with E-state index in [1.807, 2.05) is 25.1 Å². The van der Waals surface area contributed by atoms with Crippen LogP contribution in [-0.4, -0.2) is 12.6 Å². The molecule has 2 rings (SSSR count). The highest BCUT2D eigenvalue weighted by molar-refractivity contribution is 5.38. The van der Waals surface area contributed by atoms with Crippen LogP contribution in [0.2, 0.25) is 0 Å². The van der Waals surface area contributed by atoms with Gasteiger partial charge in [-0.25, -0.2) is 0 Å². The van der Waals surface area contributed by atoms with Crippen LogP contribution in [0.1, 0.15) is 31.2 Å². The molecule has 1 aliphatic rings. The Morgan fingerprint density at radius 1 is 1.56 bits per heavy atom. The van der Waals surface area contributed by atoms with Crippen molar-refractivity contribution in [3.63, 3.8) is 0 Å². The first-order valence-electron chi connectivity index (χ1n) is 5.80. The molecule has 0 aliphatic carbocycles. The summed E-state index contributed by atoms with van der Waals surface area (Å²) >= 11 is 0. The lowest BCUT2D eigenvalue weighted by Crippen LogP contribution is -2.32. The summed E-state index contributed by atoms with van der Waals surface area (Å²) in [7, 11) is 0. The Morgan fingerprint density at radius 3 is 3.06 bits per heavy atom. The molecule has 2 nitrogen and oxygen atoms in total. The molecule has 1 heterocycles. The maximum atomic E-state index is 6.25. The van der Waals surface area contributed by atoms with Crippen LogP contribution >= 0.6 is 0 Å². The molecule has 1 aromatic rings. The summed E-state index contributed by atoms with van der Waals surface area (Å²) in [5, 5.41) is 0. The third-order valence-electron chi connectivity index (χ3n) is 3.11. The summed E-state index contributed by atoms with van der Waals surface area (Å²) in [6, 6.07) is 8.36. The second kappa shape index (κ2) is 4.71. The lowest BCUT2D eigenvalue weighted by Gasteiger charge is -2.30. The first kappa shape index (κ1) is 11.2. The Kier molecular flexibility index (Phi) is 3.30. The van der Waals surface area contributed by atoms with E-state index in [-0.39, 0.29) is 6.04 Å². The number of nitrogens with two attached hydrogens (primary N) is 1. The molecule has 0 fully saturated rings. The van der Waals surface area contributed by atoms with Crippen LogP contribution in [0.5, 0.6) is 5.75 Å². The molecule has 2 N–H and O–H groups in total.